The van der Waals surface area contributed by atoms with E-state index in [2.05, 4.69) is 38.0 Å². The highest BCUT2D eigenvalue weighted by molar-refractivity contribution is 6.06. The molecule has 1 aliphatic heterocycles. The maximum Gasteiger partial charge on any atom is 0.317 e. The molecule has 0 aromatic heterocycles. The van der Waals surface area contributed by atoms with E-state index in [9.17, 15) is 9.59 Å². The number of nitrogens with one attached hydrogen (secondary N) is 1. The SMILES string of the molecule is CCCCN(CCCC)C(=O)NCc1ccc(CN2C(=O)C(C)(CC(C)C)N=C2N)cc1. The predicted octanol–water partition coefficient (Wildman–Crippen LogP) is 4.26. The Kier molecular flexibility index (Phi) is 9.54. The Morgan fingerprint density at radius 2 is 1.69 bits per heavy atom. The molecule has 0 spiro atoms. The zero-order valence-corrected chi connectivity index (χ0v) is 20.5. The number of hydrogen-bond donors (Lipinski definition) is 2. The van der Waals surface area contributed by atoms with Crippen LogP contribution in [0.4, 0.5) is 4.79 Å². The molecule has 1 aliphatic rings. The van der Waals surface area contributed by atoms with Crippen molar-refractivity contribution in [2.24, 2.45) is 16.6 Å². The summed E-state index contributed by atoms with van der Waals surface area (Å²) < 4.78 is 0. The minimum absolute atomic E-state index is 0.00735. The highest BCUT2D eigenvalue weighted by Crippen LogP contribution is 2.29. The van der Waals surface area contributed by atoms with Crippen molar-refractivity contribution in [3.05, 3.63) is 35.4 Å². The Balaban J connectivity index is 1.92. The molecule has 178 valence electrons. The van der Waals surface area contributed by atoms with Gasteiger partial charge in [-0.1, -0.05) is 64.8 Å². The normalized spacial score (nSPS) is 18.2. The summed E-state index contributed by atoms with van der Waals surface area (Å²) in [4.78, 5) is 33.4. The van der Waals surface area contributed by atoms with Crippen LogP contribution in [0.25, 0.3) is 0 Å². The van der Waals surface area contributed by atoms with E-state index in [0.717, 1.165) is 49.9 Å². The number of guanidine groups is 1. The molecule has 0 radical (unpaired) electrons. The van der Waals surface area contributed by atoms with Crippen LogP contribution in [0.5, 0.6) is 0 Å². The summed E-state index contributed by atoms with van der Waals surface area (Å²) in [6.45, 7) is 12.8. The van der Waals surface area contributed by atoms with E-state index in [1.165, 1.54) is 0 Å². The Morgan fingerprint density at radius 1 is 1.12 bits per heavy atom. The lowest BCUT2D eigenvalue weighted by Crippen LogP contribution is -2.43. The number of nitrogens with zero attached hydrogens (tertiary/aromatic N) is 3. The number of carbonyl (C=O) groups is 2. The first-order chi connectivity index (χ1) is 15.2. The number of unbranched alkanes of at least 4 members (excludes halogenated alkanes) is 2. The van der Waals surface area contributed by atoms with Crippen molar-refractivity contribution in [3.63, 3.8) is 0 Å². The van der Waals surface area contributed by atoms with E-state index in [1.807, 2.05) is 36.1 Å². The Morgan fingerprint density at radius 3 is 2.22 bits per heavy atom. The molecule has 1 atom stereocenters. The first-order valence-corrected chi connectivity index (χ1v) is 12.0. The maximum atomic E-state index is 12.9. The van der Waals surface area contributed by atoms with Gasteiger partial charge in [-0.15, -0.1) is 0 Å². The summed E-state index contributed by atoms with van der Waals surface area (Å²) in [5.41, 5.74) is 7.31. The lowest BCUT2D eigenvalue weighted by molar-refractivity contribution is -0.131. The second-order valence-electron chi connectivity index (χ2n) is 9.40. The molecule has 32 heavy (non-hydrogen) atoms. The van der Waals surface area contributed by atoms with Crippen molar-refractivity contribution in [2.45, 2.75) is 85.4 Å². The van der Waals surface area contributed by atoms with Crippen molar-refractivity contribution in [2.75, 3.05) is 13.1 Å². The van der Waals surface area contributed by atoms with Crippen LogP contribution in [0.2, 0.25) is 0 Å². The summed E-state index contributed by atoms with van der Waals surface area (Å²) >= 11 is 0. The first kappa shape index (κ1) is 25.7. The summed E-state index contributed by atoms with van der Waals surface area (Å²) in [5.74, 6) is 0.600. The quantitative estimate of drug-likeness (QED) is 0.506. The summed E-state index contributed by atoms with van der Waals surface area (Å²) in [6.07, 6.45) is 4.86. The van der Waals surface area contributed by atoms with Crippen LogP contribution in [0.3, 0.4) is 0 Å². The average Bonchev–Trinajstić information content (AvgIpc) is 2.95. The summed E-state index contributed by atoms with van der Waals surface area (Å²) in [7, 11) is 0. The minimum Gasteiger partial charge on any atom is -0.369 e. The fraction of sp³-hybridized carbons (Fsp3) is 0.640. The Hall–Kier alpha value is -2.57. The van der Waals surface area contributed by atoms with Gasteiger partial charge < -0.3 is 16.0 Å². The fourth-order valence-corrected chi connectivity index (χ4v) is 4.08. The number of amides is 3. The van der Waals surface area contributed by atoms with Crippen LogP contribution < -0.4 is 11.1 Å². The number of benzene rings is 1. The van der Waals surface area contributed by atoms with Gasteiger partial charge in [-0.05, 0) is 43.2 Å². The van der Waals surface area contributed by atoms with Gasteiger partial charge in [0.15, 0.2) is 5.96 Å². The first-order valence-electron chi connectivity index (χ1n) is 12.0. The molecular formula is C25H41N5O2. The second-order valence-corrected chi connectivity index (χ2v) is 9.40. The molecule has 0 aliphatic carbocycles. The second kappa shape index (κ2) is 11.9. The van der Waals surface area contributed by atoms with E-state index in [4.69, 9.17) is 5.73 Å². The van der Waals surface area contributed by atoms with Crippen LogP contribution in [-0.4, -0.2) is 46.3 Å². The van der Waals surface area contributed by atoms with E-state index < -0.39 is 5.54 Å². The van der Waals surface area contributed by atoms with Crippen molar-refractivity contribution < 1.29 is 9.59 Å². The van der Waals surface area contributed by atoms with E-state index in [0.29, 0.717) is 25.4 Å². The fourth-order valence-electron chi connectivity index (χ4n) is 4.08. The number of hydrogen-bond acceptors (Lipinski definition) is 4. The Labute approximate surface area is 193 Å². The molecule has 3 N–H and O–H groups in total. The van der Waals surface area contributed by atoms with Gasteiger partial charge in [0.1, 0.15) is 5.54 Å². The molecular weight excluding hydrogens is 402 g/mol. The monoisotopic (exact) mass is 443 g/mol. The van der Waals surface area contributed by atoms with Crippen molar-refractivity contribution in [1.82, 2.24) is 15.1 Å². The lowest BCUT2D eigenvalue weighted by Gasteiger charge is -2.24. The third kappa shape index (κ3) is 6.97. The molecule has 2 rings (SSSR count). The van der Waals surface area contributed by atoms with Gasteiger partial charge in [0.2, 0.25) is 0 Å². The zero-order chi connectivity index (χ0) is 23.7. The van der Waals surface area contributed by atoms with Gasteiger partial charge in [-0.3, -0.25) is 9.69 Å². The Bertz CT molecular complexity index is 782. The summed E-state index contributed by atoms with van der Waals surface area (Å²) in [6, 6.07) is 7.92. The molecule has 7 heteroatoms. The third-order valence-corrected chi connectivity index (χ3v) is 5.81. The number of nitrogens with two attached hydrogens (primary N) is 1. The van der Waals surface area contributed by atoms with Crippen LogP contribution >= 0.6 is 0 Å². The van der Waals surface area contributed by atoms with Crippen LogP contribution in [0.15, 0.2) is 29.3 Å². The van der Waals surface area contributed by atoms with Crippen LogP contribution in [0, 0.1) is 5.92 Å². The van der Waals surface area contributed by atoms with Gasteiger partial charge in [0, 0.05) is 19.6 Å². The van der Waals surface area contributed by atoms with Gasteiger partial charge in [-0.25, -0.2) is 9.79 Å². The minimum atomic E-state index is -0.774. The number of aliphatic imine (C=N–C) groups is 1. The van der Waals surface area contributed by atoms with Crippen molar-refractivity contribution in [1.29, 1.82) is 0 Å². The van der Waals surface area contributed by atoms with Crippen molar-refractivity contribution >= 4 is 17.9 Å². The lowest BCUT2D eigenvalue weighted by atomic mass is 9.91. The molecule has 1 aromatic rings. The highest BCUT2D eigenvalue weighted by atomic mass is 16.2. The van der Waals surface area contributed by atoms with Crippen LogP contribution in [0.1, 0.15) is 77.8 Å². The molecule has 1 unspecified atom stereocenters. The number of urea groups is 1. The molecule has 7 nitrogen and oxygen atoms in total. The molecule has 3 amide bonds. The smallest absolute Gasteiger partial charge is 0.317 e. The molecule has 0 fully saturated rings. The standard InChI is InChI=1S/C25H41N5O2/c1-6-8-14-29(15-9-7-2)24(32)27-17-20-10-12-21(13-11-20)18-30-22(31)25(5,16-19(3)4)28-23(30)26/h10-13,19H,6-9,14-18H2,1-5H3,(H2,26,28)(H,27,32). The van der Waals surface area contributed by atoms with Gasteiger partial charge in [0.25, 0.3) is 5.91 Å². The highest BCUT2D eigenvalue weighted by Gasteiger charge is 2.43. The van der Waals surface area contributed by atoms with E-state index in [-0.39, 0.29) is 17.9 Å². The third-order valence-electron chi connectivity index (χ3n) is 5.81. The van der Waals surface area contributed by atoms with Gasteiger partial charge in [-0.2, -0.15) is 0 Å². The molecule has 0 bridgehead atoms. The number of rotatable bonds is 12. The molecule has 0 saturated heterocycles. The van der Waals surface area contributed by atoms with Crippen LogP contribution in [-0.2, 0) is 17.9 Å². The summed E-state index contributed by atoms with van der Waals surface area (Å²) in [5, 5.41) is 3.04. The van der Waals surface area contributed by atoms with Gasteiger partial charge >= 0.3 is 6.03 Å². The molecule has 0 saturated carbocycles. The van der Waals surface area contributed by atoms with E-state index in [1.54, 1.807) is 4.90 Å². The largest absolute Gasteiger partial charge is 0.369 e. The number of carbonyl (C=O) groups excluding carboxylic acids is 2. The van der Waals surface area contributed by atoms with E-state index >= 15 is 0 Å². The van der Waals surface area contributed by atoms with Crippen molar-refractivity contribution in [3.8, 4) is 0 Å². The molecule has 1 heterocycles. The zero-order valence-electron chi connectivity index (χ0n) is 20.5. The predicted molar refractivity (Wildman–Crippen MR) is 130 cm³/mol. The average molecular weight is 444 g/mol. The maximum absolute atomic E-state index is 12.9. The topological polar surface area (TPSA) is 91.0 Å². The van der Waals surface area contributed by atoms with Gasteiger partial charge in [0.05, 0.1) is 6.54 Å². The molecule has 1 aromatic carbocycles.